The zero-order valence-electron chi connectivity index (χ0n) is 15.2. The molecule has 3 aromatic rings. The maximum atomic E-state index is 9.31. The maximum Gasteiger partial charge on any atom is 0.225 e. The van der Waals surface area contributed by atoms with Gasteiger partial charge in [-0.25, -0.2) is 4.98 Å². The molecule has 0 amide bonds. The lowest BCUT2D eigenvalue weighted by Gasteiger charge is -2.15. The van der Waals surface area contributed by atoms with E-state index < -0.39 is 0 Å². The number of rotatable bonds is 6. The number of aliphatic hydroxyl groups is 1. The van der Waals surface area contributed by atoms with Crippen LogP contribution in [0.25, 0.3) is 11.3 Å². The molecule has 3 N–H and O–H groups in total. The minimum Gasteiger partial charge on any atom is -0.394 e. The van der Waals surface area contributed by atoms with Crippen LogP contribution in [0.15, 0.2) is 48.8 Å². The zero-order valence-corrected chi connectivity index (χ0v) is 15.2. The van der Waals surface area contributed by atoms with Gasteiger partial charge in [-0.05, 0) is 50.1 Å². The summed E-state index contributed by atoms with van der Waals surface area (Å²) < 4.78 is 0. The molecule has 0 aliphatic heterocycles. The van der Waals surface area contributed by atoms with Gasteiger partial charge in [0.15, 0.2) is 0 Å². The maximum absolute atomic E-state index is 9.31. The number of aryl methyl sites for hydroxylation is 2. The Labute approximate surface area is 153 Å². The van der Waals surface area contributed by atoms with Gasteiger partial charge in [-0.1, -0.05) is 12.1 Å². The van der Waals surface area contributed by atoms with Crippen molar-refractivity contribution in [3.8, 4) is 11.3 Å². The fraction of sp³-hybridized carbons (Fsp3) is 0.250. The van der Waals surface area contributed by atoms with Crippen LogP contribution in [0.5, 0.6) is 0 Å². The molecule has 3 rings (SSSR count). The lowest BCUT2D eigenvalue weighted by Crippen LogP contribution is -2.21. The summed E-state index contributed by atoms with van der Waals surface area (Å²) in [6.07, 6.45) is 3.47. The molecule has 1 atom stereocenters. The lowest BCUT2D eigenvalue weighted by molar-refractivity contribution is 0.281. The van der Waals surface area contributed by atoms with E-state index in [2.05, 4.69) is 57.6 Å². The molecule has 2 aromatic heterocycles. The lowest BCUT2D eigenvalue weighted by atomic mass is 10.1. The Morgan fingerprint density at radius 2 is 1.81 bits per heavy atom. The molecule has 134 valence electrons. The molecule has 6 heteroatoms. The van der Waals surface area contributed by atoms with Crippen molar-refractivity contribution >= 4 is 17.5 Å². The average Bonchev–Trinajstić information content (AvgIpc) is 2.65. The van der Waals surface area contributed by atoms with E-state index in [0.29, 0.717) is 11.8 Å². The van der Waals surface area contributed by atoms with Crippen molar-refractivity contribution in [1.82, 2.24) is 15.0 Å². The Morgan fingerprint density at radius 3 is 2.54 bits per heavy atom. The molecule has 0 fully saturated rings. The zero-order chi connectivity index (χ0) is 18.5. The van der Waals surface area contributed by atoms with E-state index in [1.54, 1.807) is 12.4 Å². The molecule has 26 heavy (non-hydrogen) atoms. The van der Waals surface area contributed by atoms with Gasteiger partial charge in [-0.15, -0.1) is 0 Å². The minimum absolute atomic E-state index is 0.00257. The Hall–Kier alpha value is -2.99. The quantitative estimate of drug-likeness (QED) is 0.629. The van der Waals surface area contributed by atoms with E-state index in [-0.39, 0.29) is 12.6 Å². The molecule has 0 aliphatic carbocycles. The van der Waals surface area contributed by atoms with Crippen molar-refractivity contribution < 1.29 is 5.11 Å². The Balaban J connectivity index is 2.00. The number of aliphatic hydroxyl groups excluding tert-OH is 1. The van der Waals surface area contributed by atoms with Gasteiger partial charge >= 0.3 is 0 Å². The summed E-state index contributed by atoms with van der Waals surface area (Å²) in [6.45, 7) is 5.99. The third-order valence-electron chi connectivity index (χ3n) is 4.01. The van der Waals surface area contributed by atoms with E-state index in [1.165, 1.54) is 5.56 Å². The van der Waals surface area contributed by atoms with Crippen LogP contribution in [-0.2, 0) is 0 Å². The van der Waals surface area contributed by atoms with E-state index in [1.807, 2.05) is 25.1 Å². The van der Waals surface area contributed by atoms with E-state index in [0.717, 1.165) is 22.5 Å². The minimum atomic E-state index is -0.142. The Morgan fingerprint density at radius 1 is 1.04 bits per heavy atom. The van der Waals surface area contributed by atoms with Crippen molar-refractivity contribution in [1.29, 1.82) is 0 Å². The Bertz CT molecular complexity index is 883. The SMILES string of the molecule is Cc1ccc(C)c(Nc2cc(-c3ccncc3)nc(N[C@H](C)CO)n2)c1. The van der Waals surface area contributed by atoms with Crippen molar-refractivity contribution in [3.63, 3.8) is 0 Å². The fourth-order valence-corrected chi connectivity index (χ4v) is 2.52. The van der Waals surface area contributed by atoms with Crippen LogP contribution in [0.4, 0.5) is 17.5 Å². The van der Waals surface area contributed by atoms with E-state index in [9.17, 15) is 5.11 Å². The molecule has 0 spiro atoms. The molecule has 6 nitrogen and oxygen atoms in total. The van der Waals surface area contributed by atoms with Crippen molar-refractivity contribution in [3.05, 3.63) is 59.9 Å². The monoisotopic (exact) mass is 349 g/mol. The van der Waals surface area contributed by atoms with Crippen LogP contribution in [0.3, 0.4) is 0 Å². The number of pyridine rings is 1. The number of nitrogens with one attached hydrogen (secondary N) is 2. The first-order chi connectivity index (χ1) is 12.5. The van der Waals surface area contributed by atoms with Crippen LogP contribution in [0.2, 0.25) is 0 Å². The summed E-state index contributed by atoms with van der Waals surface area (Å²) in [7, 11) is 0. The average molecular weight is 349 g/mol. The van der Waals surface area contributed by atoms with Crippen LogP contribution in [0, 0.1) is 13.8 Å². The number of hydrogen-bond acceptors (Lipinski definition) is 6. The number of aromatic nitrogens is 3. The van der Waals surface area contributed by atoms with Gasteiger partial charge in [0, 0.05) is 35.8 Å². The largest absolute Gasteiger partial charge is 0.394 e. The molecule has 0 saturated heterocycles. The second-order valence-electron chi connectivity index (χ2n) is 6.37. The highest BCUT2D eigenvalue weighted by atomic mass is 16.3. The van der Waals surface area contributed by atoms with Crippen LogP contribution in [-0.4, -0.2) is 32.7 Å². The molecular formula is C20H23N5O. The van der Waals surface area contributed by atoms with Crippen molar-refractivity contribution in [2.45, 2.75) is 26.8 Å². The van der Waals surface area contributed by atoms with Gasteiger partial charge < -0.3 is 15.7 Å². The van der Waals surface area contributed by atoms with Gasteiger partial charge in [0.05, 0.1) is 12.3 Å². The van der Waals surface area contributed by atoms with Gasteiger partial charge in [0.25, 0.3) is 0 Å². The van der Waals surface area contributed by atoms with Crippen LogP contribution in [0.1, 0.15) is 18.1 Å². The summed E-state index contributed by atoms with van der Waals surface area (Å²) >= 11 is 0. The topological polar surface area (TPSA) is 83.0 Å². The molecule has 0 saturated carbocycles. The summed E-state index contributed by atoms with van der Waals surface area (Å²) in [5, 5.41) is 15.8. The summed E-state index contributed by atoms with van der Waals surface area (Å²) in [6, 6.07) is 11.8. The molecule has 0 bridgehead atoms. The van der Waals surface area contributed by atoms with Crippen molar-refractivity contribution in [2.24, 2.45) is 0 Å². The molecular weight excluding hydrogens is 326 g/mol. The second kappa shape index (κ2) is 7.93. The molecule has 0 aliphatic rings. The van der Waals surface area contributed by atoms with Gasteiger partial charge in [0.2, 0.25) is 5.95 Å². The van der Waals surface area contributed by atoms with E-state index in [4.69, 9.17) is 0 Å². The summed E-state index contributed by atoms with van der Waals surface area (Å²) in [5.41, 5.74) is 5.05. The summed E-state index contributed by atoms with van der Waals surface area (Å²) in [5.74, 6) is 1.15. The number of anilines is 3. The van der Waals surface area contributed by atoms with E-state index >= 15 is 0 Å². The standard InChI is InChI=1S/C20H23N5O/c1-13-4-5-14(2)17(10-13)23-19-11-18(16-6-8-21-9-7-16)24-20(25-19)22-15(3)12-26/h4-11,15,26H,12H2,1-3H3,(H2,22,23,24,25)/t15-/m1/s1. The number of hydrogen-bond donors (Lipinski definition) is 3. The highest BCUT2D eigenvalue weighted by molar-refractivity contribution is 5.68. The second-order valence-corrected chi connectivity index (χ2v) is 6.37. The first kappa shape index (κ1) is 17.8. The highest BCUT2D eigenvalue weighted by Gasteiger charge is 2.10. The smallest absolute Gasteiger partial charge is 0.225 e. The highest BCUT2D eigenvalue weighted by Crippen LogP contribution is 2.25. The molecule has 2 heterocycles. The molecule has 0 unspecified atom stereocenters. The predicted molar refractivity (Wildman–Crippen MR) is 105 cm³/mol. The van der Waals surface area contributed by atoms with Gasteiger partial charge in [-0.3, -0.25) is 4.98 Å². The normalized spacial score (nSPS) is 11.8. The predicted octanol–water partition coefficient (Wildman–Crippen LogP) is 3.69. The van der Waals surface area contributed by atoms with Gasteiger partial charge in [-0.2, -0.15) is 4.98 Å². The number of nitrogens with zero attached hydrogens (tertiary/aromatic N) is 3. The third kappa shape index (κ3) is 4.34. The first-order valence-electron chi connectivity index (χ1n) is 8.56. The summed E-state index contributed by atoms with van der Waals surface area (Å²) in [4.78, 5) is 13.2. The van der Waals surface area contributed by atoms with Crippen LogP contribution >= 0.6 is 0 Å². The van der Waals surface area contributed by atoms with Crippen LogP contribution < -0.4 is 10.6 Å². The third-order valence-corrected chi connectivity index (χ3v) is 4.01. The Kier molecular flexibility index (Phi) is 5.43. The fourth-order valence-electron chi connectivity index (χ4n) is 2.52. The molecule has 0 radical (unpaired) electrons. The first-order valence-corrected chi connectivity index (χ1v) is 8.56. The van der Waals surface area contributed by atoms with Gasteiger partial charge in [0.1, 0.15) is 5.82 Å². The van der Waals surface area contributed by atoms with Crippen molar-refractivity contribution in [2.75, 3.05) is 17.2 Å². The number of benzene rings is 1. The molecule has 1 aromatic carbocycles.